The Hall–Kier alpha value is -2.17. The Morgan fingerprint density at radius 1 is 1.42 bits per heavy atom. The summed E-state index contributed by atoms with van der Waals surface area (Å²) < 4.78 is 1.72. The van der Waals surface area contributed by atoms with Crippen LogP contribution in [0.4, 0.5) is 0 Å². The van der Waals surface area contributed by atoms with Crippen molar-refractivity contribution in [3.8, 4) is 5.82 Å². The van der Waals surface area contributed by atoms with Crippen LogP contribution in [0, 0.1) is 0 Å². The predicted octanol–water partition coefficient (Wildman–Crippen LogP) is 2.96. The number of oxime groups is 1. The third kappa shape index (κ3) is 4.21. The summed E-state index contributed by atoms with van der Waals surface area (Å²) in [6, 6.07) is 5.74. The first kappa shape index (κ1) is 13.3. The van der Waals surface area contributed by atoms with E-state index in [1.165, 1.54) is 6.42 Å². The van der Waals surface area contributed by atoms with E-state index in [1.54, 1.807) is 17.1 Å². The maximum Gasteiger partial charge on any atom is 0.153 e. The van der Waals surface area contributed by atoms with Crippen LogP contribution in [0.2, 0.25) is 0 Å². The molecule has 2 aromatic heterocycles. The van der Waals surface area contributed by atoms with Crippen LogP contribution in [0.1, 0.15) is 31.7 Å². The number of pyridine rings is 1. The average Bonchev–Trinajstić information content (AvgIpc) is 2.97. The molecule has 2 rings (SSSR count). The van der Waals surface area contributed by atoms with Gasteiger partial charge in [-0.1, -0.05) is 24.6 Å². The topological polar surface area (TPSA) is 52.3 Å². The molecule has 0 aromatic carbocycles. The fraction of sp³-hybridized carbons (Fsp3) is 0.357. The van der Waals surface area contributed by atoms with E-state index in [-0.39, 0.29) is 0 Å². The highest BCUT2D eigenvalue weighted by Gasteiger charge is 1.98. The van der Waals surface area contributed by atoms with Crippen molar-refractivity contribution in [1.82, 2.24) is 14.8 Å². The molecule has 0 spiro atoms. The van der Waals surface area contributed by atoms with Crippen LogP contribution in [0.3, 0.4) is 0 Å². The van der Waals surface area contributed by atoms with Crippen molar-refractivity contribution in [2.24, 2.45) is 5.16 Å². The summed E-state index contributed by atoms with van der Waals surface area (Å²) in [5, 5.41) is 8.03. The summed E-state index contributed by atoms with van der Waals surface area (Å²) in [5.41, 5.74) is 0.989. The monoisotopic (exact) mass is 258 g/mol. The second-order valence-corrected chi connectivity index (χ2v) is 4.18. The highest BCUT2D eigenvalue weighted by molar-refractivity contribution is 5.56. The summed E-state index contributed by atoms with van der Waals surface area (Å²) >= 11 is 0. The second kappa shape index (κ2) is 7.31. The molecule has 2 heterocycles. The van der Waals surface area contributed by atoms with Crippen LogP contribution in [0.5, 0.6) is 0 Å². The number of rotatable bonds is 7. The molecule has 100 valence electrons. The zero-order chi connectivity index (χ0) is 13.3. The zero-order valence-corrected chi connectivity index (χ0v) is 11.1. The molecule has 5 nitrogen and oxygen atoms in total. The lowest BCUT2D eigenvalue weighted by Crippen LogP contribution is -1.98. The van der Waals surface area contributed by atoms with Gasteiger partial charge in [0.15, 0.2) is 5.82 Å². The Bertz CT molecular complexity index is 491. The lowest BCUT2D eigenvalue weighted by atomic mass is 10.3. The van der Waals surface area contributed by atoms with E-state index < -0.39 is 0 Å². The van der Waals surface area contributed by atoms with E-state index in [2.05, 4.69) is 22.2 Å². The van der Waals surface area contributed by atoms with Gasteiger partial charge < -0.3 is 4.84 Å². The highest BCUT2D eigenvalue weighted by Crippen LogP contribution is 2.05. The number of aromatic nitrogens is 3. The number of hydrogen-bond acceptors (Lipinski definition) is 4. The van der Waals surface area contributed by atoms with Crippen molar-refractivity contribution in [2.45, 2.75) is 32.8 Å². The molecule has 0 atom stereocenters. The minimum Gasteiger partial charge on any atom is -0.391 e. The summed E-state index contributed by atoms with van der Waals surface area (Å²) in [6.45, 7) is 2.59. The molecule has 0 N–H and O–H groups in total. The standard InChI is InChI=1S/C14H18N4O/c1-2-3-4-9-17-19-12-13-6-7-14(15-11-13)18-10-5-8-16-18/h5-11H,2-4,12H2,1H3/b17-9+. The van der Waals surface area contributed by atoms with Crippen molar-refractivity contribution in [2.75, 3.05) is 0 Å². The lowest BCUT2D eigenvalue weighted by molar-refractivity contribution is 0.131. The number of nitrogens with zero attached hydrogens (tertiary/aromatic N) is 4. The average molecular weight is 258 g/mol. The van der Waals surface area contributed by atoms with Gasteiger partial charge in [-0.15, -0.1) is 0 Å². The Morgan fingerprint density at radius 2 is 2.37 bits per heavy atom. The Labute approximate surface area is 112 Å². The summed E-state index contributed by atoms with van der Waals surface area (Å²) in [5.74, 6) is 0.792. The van der Waals surface area contributed by atoms with Gasteiger partial charge in [-0.25, -0.2) is 9.67 Å². The van der Waals surface area contributed by atoms with Crippen LogP contribution < -0.4 is 0 Å². The van der Waals surface area contributed by atoms with Gasteiger partial charge in [-0.2, -0.15) is 5.10 Å². The molecule has 0 aliphatic carbocycles. The van der Waals surface area contributed by atoms with Crippen LogP contribution in [0.25, 0.3) is 5.82 Å². The SMILES string of the molecule is CCCC/C=N/OCc1ccc(-n2cccn2)nc1. The lowest BCUT2D eigenvalue weighted by Gasteiger charge is -2.02. The fourth-order valence-corrected chi connectivity index (χ4v) is 1.55. The Kier molecular flexibility index (Phi) is 5.10. The first-order valence-corrected chi connectivity index (χ1v) is 6.49. The van der Waals surface area contributed by atoms with E-state index in [9.17, 15) is 0 Å². The van der Waals surface area contributed by atoms with Gasteiger partial charge in [0.25, 0.3) is 0 Å². The Morgan fingerprint density at radius 3 is 3.05 bits per heavy atom. The largest absolute Gasteiger partial charge is 0.391 e. The molecule has 0 bridgehead atoms. The quantitative estimate of drug-likeness (QED) is 0.436. The second-order valence-electron chi connectivity index (χ2n) is 4.18. The minimum absolute atomic E-state index is 0.439. The maximum absolute atomic E-state index is 5.20. The van der Waals surface area contributed by atoms with Gasteiger partial charge in [0.1, 0.15) is 6.61 Å². The van der Waals surface area contributed by atoms with Gasteiger partial charge in [0, 0.05) is 30.4 Å². The van der Waals surface area contributed by atoms with Crippen LogP contribution >= 0.6 is 0 Å². The number of unbranched alkanes of at least 4 members (excludes halogenated alkanes) is 2. The van der Waals surface area contributed by atoms with Gasteiger partial charge in [0.05, 0.1) is 0 Å². The normalized spacial score (nSPS) is 11.0. The van der Waals surface area contributed by atoms with Gasteiger partial charge in [-0.3, -0.25) is 0 Å². The van der Waals surface area contributed by atoms with Crippen molar-refractivity contribution in [3.63, 3.8) is 0 Å². The minimum atomic E-state index is 0.439. The number of hydrogen-bond donors (Lipinski definition) is 0. The molecular weight excluding hydrogens is 240 g/mol. The molecule has 0 radical (unpaired) electrons. The third-order valence-electron chi connectivity index (χ3n) is 2.62. The first-order chi connectivity index (χ1) is 9.40. The predicted molar refractivity (Wildman–Crippen MR) is 74.2 cm³/mol. The molecule has 0 fully saturated rings. The van der Waals surface area contributed by atoms with Crippen LogP contribution in [0.15, 0.2) is 41.9 Å². The molecule has 0 amide bonds. The molecular formula is C14H18N4O. The first-order valence-electron chi connectivity index (χ1n) is 6.49. The summed E-state index contributed by atoms with van der Waals surface area (Å²) in [4.78, 5) is 9.52. The Balaban J connectivity index is 1.81. The highest BCUT2D eigenvalue weighted by atomic mass is 16.6. The van der Waals surface area contributed by atoms with Crippen molar-refractivity contribution in [3.05, 3.63) is 42.4 Å². The van der Waals surface area contributed by atoms with Gasteiger partial charge in [-0.05, 0) is 25.0 Å². The van der Waals surface area contributed by atoms with E-state index in [1.807, 2.05) is 30.6 Å². The van der Waals surface area contributed by atoms with E-state index in [4.69, 9.17) is 4.84 Å². The van der Waals surface area contributed by atoms with E-state index >= 15 is 0 Å². The maximum atomic E-state index is 5.20. The molecule has 0 saturated carbocycles. The molecule has 0 aliphatic rings. The van der Waals surface area contributed by atoms with Crippen molar-refractivity contribution in [1.29, 1.82) is 0 Å². The van der Waals surface area contributed by atoms with Crippen molar-refractivity contribution >= 4 is 6.21 Å². The molecule has 0 aliphatic heterocycles. The van der Waals surface area contributed by atoms with Gasteiger partial charge >= 0.3 is 0 Å². The molecule has 0 saturated heterocycles. The molecule has 0 unspecified atom stereocenters. The zero-order valence-electron chi connectivity index (χ0n) is 11.1. The van der Waals surface area contributed by atoms with Crippen LogP contribution in [-0.4, -0.2) is 21.0 Å². The molecule has 2 aromatic rings. The summed E-state index contributed by atoms with van der Waals surface area (Å²) in [7, 11) is 0. The third-order valence-corrected chi connectivity index (χ3v) is 2.62. The summed E-state index contributed by atoms with van der Waals surface area (Å²) in [6.07, 6.45) is 10.5. The van der Waals surface area contributed by atoms with E-state index in [0.29, 0.717) is 6.61 Å². The molecule has 19 heavy (non-hydrogen) atoms. The smallest absolute Gasteiger partial charge is 0.153 e. The van der Waals surface area contributed by atoms with E-state index in [0.717, 1.165) is 24.2 Å². The van der Waals surface area contributed by atoms with Crippen molar-refractivity contribution < 1.29 is 4.84 Å². The van der Waals surface area contributed by atoms with Gasteiger partial charge in [0.2, 0.25) is 0 Å². The molecule has 5 heteroatoms. The van der Waals surface area contributed by atoms with Crippen LogP contribution in [-0.2, 0) is 11.4 Å². The fourth-order valence-electron chi connectivity index (χ4n) is 1.55.